The number of imide groups is 1. The van der Waals surface area contributed by atoms with Gasteiger partial charge in [-0.25, -0.2) is 0 Å². The largest absolute Gasteiger partial charge is 0.341 e. The lowest BCUT2D eigenvalue weighted by Gasteiger charge is -2.16. The Labute approximate surface area is 213 Å². The third-order valence-electron chi connectivity index (χ3n) is 6.72. The van der Waals surface area contributed by atoms with Gasteiger partial charge in [0.2, 0.25) is 5.91 Å². The second-order valence-corrected chi connectivity index (χ2v) is 10.0. The maximum atomic E-state index is 13.1. The van der Waals surface area contributed by atoms with E-state index in [1.807, 2.05) is 33.9 Å². The molecule has 0 atom stereocenters. The van der Waals surface area contributed by atoms with E-state index in [0.717, 1.165) is 71.0 Å². The van der Waals surface area contributed by atoms with Gasteiger partial charge in [0.1, 0.15) is 6.54 Å². The van der Waals surface area contributed by atoms with Gasteiger partial charge in [0.05, 0.1) is 17.0 Å². The molecule has 3 amide bonds. The van der Waals surface area contributed by atoms with Crippen LogP contribution in [0.5, 0.6) is 0 Å². The van der Waals surface area contributed by atoms with Gasteiger partial charge in [-0.15, -0.1) is 0 Å². The second kappa shape index (κ2) is 10.1. The number of para-hydroxylation sites is 1. The molecule has 0 aliphatic carbocycles. The van der Waals surface area contributed by atoms with Crippen molar-refractivity contribution >= 4 is 51.6 Å². The van der Waals surface area contributed by atoms with Crippen molar-refractivity contribution in [2.24, 2.45) is 0 Å². The van der Waals surface area contributed by atoms with Crippen molar-refractivity contribution in [3.05, 3.63) is 76.3 Å². The van der Waals surface area contributed by atoms with Crippen LogP contribution >= 0.6 is 11.8 Å². The number of hydrogen-bond acceptors (Lipinski definition) is 5. The summed E-state index contributed by atoms with van der Waals surface area (Å²) in [5.74, 6) is -0.680. The van der Waals surface area contributed by atoms with Gasteiger partial charge in [0.15, 0.2) is 5.78 Å². The number of fused-ring (bicyclic) bond motifs is 1. The molecule has 3 aromatic rings. The van der Waals surface area contributed by atoms with Crippen molar-refractivity contribution < 1.29 is 19.2 Å². The van der Waals surface area contributed by atoms with Crippen LogP contribution in [0.4, 0.5) is 4.79 Å². The van der Waals surface area contributed by atoms with Crippen LogP contribution in [-0.4, -0.2) is 56.8 Å². The van der Waals surface area contributed by atoms with Crippen LogP contribution in [0.15, 0.2) is 59.6 Å². The fraction of sp³-hybridized carbons (Fsp3) is 0.286. The fourth-order valence-corrected chi connectivity index (χ4v) is 5.67. The molecule has 8 heteroatoms. The van der Waals surface area contributed by atoms with E-state index in [2.05, 4.69) is 6.92 Å². The molecule has 2 saturated heterocycles. The van der Waals surface area contributed by atoms with Crippen LogP contribution in [0.25, 0.3) is 17.0 Å². The highest BCUT2D eigenvalue weighted by molar-refractivity contribution is 8.18. The van der Waals surface area contributed by atoms with Crippen molar-refractivity contribution in [3.8, 4) is 0 Å². The highest BCUT2D eigenvalue weighted by atomic mass is 32.2. The Morgan fingerprint density at radius 2 is 1.72 bits per heavy atom. The van der Waals surface area contributed by atoms with Crippen LogP contribution in [0.1, 0.15) is 41.3 Å². The summed E-state index contributed by atoms with van der Waals surface area (Å²) in [5, 5.41) is 0.466. The zero-order valence-electron chi connectivity index (χ0n) is 20.1. The number of amides is 3. The summed E-state index contributed by atoms with van der Waals surface area (Å²) in [5.41, 5.74) is 3.31. The van der Waals surface area contributed by atoms with E-state index in [4.69, 9.17) is 0 Å². The fourth-order valence-electron chi connectivity index (χ4n) is 4.84. The van der Waals surface area contributed by atoms with Crippen molar-refractivity contribution in [2.75, 3.05) is 19.6 Å². The van der Waals surface area contributed by atoms with Gasteiger partial charge in [0.25, 0.3) is 11.1 Å². The predicted molar refractivity (Wildman–Crippen MR) is 141 cm³/mol. The zero-order chi connectivity index (χ0) is 25.2. The summed E-state index contributed by atoms with van der Waals surface area (Å²) in [4.78, 5) is 54.4. The third-order valence-corrected chi connectivity index (χ3v) is 7.62. The van der Waals surface area contributed by atoms with Crippen molar-refractivity contribution in [1.29, 1.82) is 0 Å². The number of benzene rings is 2. The van der Waals surface area contributed by atoms with Gasteiger partial charge in [-0.05, 0) is 42.7 Å². The molecule has 0 unspecified atom stereocenters. The minimum absolute atomic E-state index is 0.0848. The van der Waals surface area contributed by atoms with Gasteiger partial charge in [0, 0.05) is 35.8 Å². The van der Waals surface area contributed by atoms with Crippen molar-refractivity contribution in [1.82, 2.24) is 14.4 Å². The van der Waals surface area contributed by atoms with E-state index in [1.165, 1.54) is 0 Å². The molecule has 2 fully saturated rings. The lowest BCUT2D eigenvalue weighted by molar-refractivity contribution is -0.130. The van der Waals surface area contributed by atoms with Crippen LogP contribution in [0, 0.1) is 0 Å². The monoisotopic (exact) mass is 501 g/mol. The molecule has 2 aliphatic heterocycles. The Bertz CT molecular complexity index is 1390. The predicted octanol–water partition coefficient (Wildman–Crippen LogP) is 4.75. The number of likely N-dealkylation sites (tertiary alicyclic amines) is 1. The molecule has 2 aromatic carbocycles. The summed E-state index contributed by atoms with van der Waals surface area (Å²) < 4.78 is 1.96. The molecule has 3 heterocycles. The van der Waals surface area contributed by atoms with Crippen LogP contribution in [0.2, 0.25) is 0 Å². The van der Waals surface area contributed by atoms with Gasteiger partial charge >= 0.3 is 0 Å². The summed E-state index contributed by atoms with van der Waals surface area (Å²) in [7, 11) is 0. The second-order valence-electron chi connectivity index (χ2n) is 9.02. The third kappa shape index (κ3) is 4.60. The molecule has 36 heavy (non-hydrogen) atoms. The van der Waals surface area contributed by atoms with E-state index in [1.54, 1.807) is 36.4 Å². The number of Topliss-reactive ketones (excluding diaryl/α,β-unsaturated/α-hetero) is 1. The summed E-state index contributed by atoms with van der Waals surface area (Å²) in [6.45, 7) is 3.59. The number of thioether (sulfide) groups is 1. The number of nitrogens with zero attached hydrogens (tertiary/aromatic N) is 3. The Balaban J connectivity index is 1.45. The first-order chi connectivity index (χ1) is 17.5. The Morgan fingerprint density at radius 3 is 2.44 bits per heavy atom. The normalized spacial score (nSPS) is 17.1. The number of ketones is 1. The average Bonchev–Trinajstić information content (AvgIpc) is 3.61. The van der Waals surface area contributed by atoms with Crippen molar-refractivity contribution in [3.63, 3.8) is 0 Å². The van der Waals surface area contributed by atoms with E-state index in [-0.39, 0.29) is 29.7 Å². The Kier molecular flexibility index (Phi) is 6.78. The molecule has 0 bridgehead atoms. The smallest absolute Gasteiger partial charge is 0.293 e. The number of hydrogen-bond donors (Lipinski definition) is 0. The lowest BCUT2D eigenvalue weighted by Crippen LogP contribution is -2.33. The van der Waals surface area contributed by atoms with Crippen LogP contribution < -0.4 is 0 Å². The molecule has 0 N–H and O–H groups in total. The molecule has 5 rings (SSSR count). The van der Waals surface area contributed by atoms with Crippen LogP contribution in [0.3, 0.4) is 0 Å². The van der Waals surface area contributed by atoms with Gasteiger partial charge < -0.3 is 9.47 Å². The minimum Gasteiger partial charge on any atom is -0.341 e. The van der Waals surface area contributed by atoms with E-state index in [9.17, 15) is 19.2 Å². The summed E-state index contributed by atoms with van der Waals surface area (Å²) in [6.07, 6.45) is 6.47. The minimum atomic E-state index is -0.477. The molecule has 1 aromatic heterocycles. The quantitative estimate of drug-likeness (QED) is 0.345. The molecule has 7 nitrogen and oxygen atoms in total. The first-order valence-corrected chi connectivity index (χ1v) is 13.0. The number of rotatable bonds is 7. The average molecular weight is 502 g/mol. The number of carbonyl (C=O) groups excluding carboxylic acids is 4. The maximum Gasteiger partial charge on any atom is 0.293 e. The molecule has 2 aliphatic rings. The number of carbonyl (C=O) groups is 4. The summed E-state index contributed by atoms with van der Waals surface area (Å²) >= 11 is 0.838. The number of aryl methyl sites for hydroxylation is 1. The summed E-state index contributed by atoms with van der Waals surface area (Å²) in [6, 6.07) is 14.6. The van der Waals surface area contributed by atoms with Crippen LogP contribution in [-0.2, 0) is 22.6 Å². The molecule has 0 saturated carbocycles. The molecule has 0 radical (unpaired) electrons. The highest BCUT2D eigenvalue weighted by Crippen LogP contribution is 2.35. The van der Waals surface area contributed by atoms with Gasteiger partial charge in [-0.2, -0.15) is 0 Å². The topological polar surface area (TPSA) is 79.7 Å². The maximum absolute atomic E-state index is 13.1. The van der Waals surface area contributed by atoms with E-state index < -0.39 is 11.1 Å². The first kappa shape index (κ1) is 24.1. The van der Waals surface area contributed by atoms with E-state index in [0.29, 0.717) is 5.56 Å². The Hall–Kier alpha value is -3.65. The molecule has 184 valence electrons. The van der Waals surface area contributed by atoms with E-state index >= 15 is 0 Å². The number of aromatic nitrogens is 1. The van der Waals surface area contributed by atoms with Gasteiger partial charge in [-0.3, -0.25) is 24.1 Å². The SMILES string of the molecule is CCc1cccc2c(/C=C3\SC(=O)N(CC(=O)c4ccccc4)C3=O)cn(CC(=O)N3CCCC3)c12. The molecular formula is C28H27N3O4S. The van der Waals surface area contributed by atoms with Crippen molar-refractivity contribution in [2.45, 2.75) is 32.7 Å². The standard InChI is InChI=1S/C28H27N3O4S/c1-2-19-11-8-12-22-21(16-30(26(19)22)18-25(33)29-13-6-7-14-29)15-24-27(34)31(28(35)36-24)17-23(32)20-9-4-3-5-10-20/h3-5,8-12,15-16H,2,6-7,13-14,17-18H2,1H3/b24-15-. The van der Waals surface area contributed by atoms with Gasteiger partial charge in [-0.1, -0.05) is 55.5 Å². The lowest BCUT2D eigenvalue weighted by atomic mass is 10.1. The Morgan fingerprint density at radius 1 is 0.972 bits per heavy atom. The zero-order valence-corrected chi connectivity index (χ0v) is 20.9. The molecule has 0 spiro atoms. The first-order valence-electron chi connectivity index (χ1n) is 12.2. The molecular weight excluding hydrogens is 474 g/mol. The highest BCUT2D eigenvalue weighted by Gasteiger charge is 2.36.